The molecule has 0 radical (unpaired) electrons. The van der Waals surface area contributed by atoms with Crippen LogP contribution < -0.4 is 15.3 Å². The Labute approximate surface area is 147 Å². The molecule has 8 heteroatoms. The molecule has 24 heavy (non-hydrogen) atoms. The third-order valence-electron chi connectivity index (χ3n) is 2.81. The van der Waals surface area contributed by atoms with Crippen molar-refractivity contribution in [2.24, 2.45) is 5.10 Å². The van der Waals surface area contributed by atoms with Crippen LogP contribution in [0.2, 0.25) is 10.0 Å². The van der Waals surface area contributed by atoms with Gasteiger partial charge in [0.2, 0.25) is 0 Å². The lowest BCUT2D eigenvalue weighted by molar-refractivity contribution is -0.307. The molecule has 0 heterocycles. The molecule has 0 bridgehead atoms. The summed E-state index contributed by atoms with van der Waals surface area (Å²) in [6.45, 7) is -0.588. The van der Waals surface area contributed by atoms with Crippen molar-refractivity contribution >= 4 is 41.3 Å². The maximum atomic E-state index is 12.0. The van der Waals surface area contributed by atoms with E-state index in [1.54, 1.807) is 30.3 Å². The summed E-state index contributed by atoms with van der Waals surface area (Å²) in [7, 11) is 0. The smallest absolute Gasteiger partial charge is 0.272 e. The topological polar surface area (TPSA) is 90.8 Å². The number of benzene rings is 2. The number of hydrazone groups is 1. The average Bonchev–Trinajstić information content (AvgIpc) is 2.56. The van der Waals surface area contributed by atoms with E-state index >= 15 is 0 Å². The number of amides is 1. The number of hydrogen-bond donors (Lipinski definition) is 1. The van der Waals surface area contributed by atoms with Crippen LogP contribution in [-0.4, -0.2) is 24.7 Å². The van der Waals surface area contributed by atoms with E-state index in [9.17, 15) is 14.7 Å². The van der Waals surface area contributed by atoms with Crippen molar-refractivity contribution < 1.29 is 19.4 Å². The number of halogens is 2. The Morgan fingerprint density at radius 1 is 1.21 bits per heavy atom. The van der Waals surface area contributed by atoms with Crippen LogP contribution in [0, 0.1) is 0 Å². The first-order valence-corrected chi connectivity index (χ1v) is 7.43. The highest BCUT2D eigenvalue weighted by atomic mass is 35.5. The molecule has 0 aliphatic rings. The molecule has 0 aliphatic heterocycles. The predicted molar refractivity (Wildman–Crippen MR) is 88.5 cm³/mol. The number of carboxylic acids is 1. The second kappa shape index (κ2) is 8.33. The van der Waals surface area contributed by atoms with E-state index in [2.05, 4.69) is 10.5 Å². The summed E-state index contributed by atoms with van der Waals surface area (Å²) < 4.78 is 5.07. The van der Waals surface area contributed by atoms with E-state index in [-0.39, 0.29) is 10.6 Å². The standard InChI is InChI=1S/C16H12Cl2N2O4/c17-11-5-6-13(18)12(7-11)16(23)20-19-8-10-3-1-2-4-14(10)24-9-15(21)22/h1-8H,9H2,(H,20,23)(H,21,22)/p-1/b19-8-. The van der Waals surface area contributed by atoms with Gasteiger partial charge in [0, 0.05) is 10.6 Å². The van der Waals surface area contributed by atoms with Crippen LogP contribution >= 0.6 is 23.2 Å². The lowest BCUT2D eigenvalue weighted by Crippen LogP contribution is -2.29. The summed E-state index contributed by atoms with van der Waals surface area (Å²) in [6, 6.07) is 11.1. The van der Waals surface area contributed by atoms with Gasteiger partial charge in [-0.15, -0.1) is 0 Å². The average molecular weight is 366 g/mol. The molecule has 1 amide bonds. The van der Waals surface area contributed by atoms with Gasteiger partial charge in [0.15, 0.2) is 0 Å². The normalized spacial score (nSPS) is 10.6. The van der Waals surface area contributed by atoms with Gasteiger partial charge in [0.25, 0.3) is 5.91 Å². The Morgan fingerprint density at radius 2 is 1.96 bits per heavy atom. The quantitative estimate of drug-likeness (QED) is 0.624. The minimum atomic E-state index is -1.34. The van der Waals surface area contributed by atoms with Crippen LogP contribution in [0.1, 0.15) is 15.9 Å². The van der Waals surface area contributed by atoms with Crippen molar-refractivity contribution in [3.63, 3.8) is 0 Å². The van der Waals surface area contributed by atoms with Crippen molar-refractivity contribution in [3.8, 4) is 5.75 Å². The SMILES string of the molecule is O=C([O-])COc1ccccc1/C=N\NC(=O)c1cc(Cl)ccc1Cl. The zero-order valence-electron chi connectivity index (χ0n) is 12.2. The second-order valence-corrected chi connectivity index (χ2v) is 5.37. The molecule has 2 rings (SSSR count). The first-order valence-electron chi connectivity index (χ1n) is 6.67. The Bertz CT molecular complexity index is 793. The van der Waals surface area contributed by atoms with Gasteiger partial charge < -0.3 is 14.6 Å². The van der Waals surface area contributed by atoms with Gasteiger partial charge in [-0.05, 0) is 30.3 Å². The van der Waals surface area contributed by atoms with Crippen LogP contribution in [0.5, 0.6) is 5.75 Å². The number of para-hydroxylation sites is 1. The Morgan fingerprint density at radius 3 is 2.71 bits per heavy atom. The van der Waals surface area contributed by atoms with Crippen molar-refractivity contribution in [1.82, 2.24) is 5.43 Å². The zero-order valence-corrected chi connectivity index (χ0v) is 13.7. The summed E-state index contributed by atoms with van der Waals surface area (Å²) >= 11 is 11.8. The van der Waals surface area contributed by atoms with E-state index < -0.39 is 18.5 Å². The second-order valence-electron chi connectivity index (χ2n) is 4.52. The van der Waals surface area contributed by atoms with Crippen LogP contribution in [0.15, 0.2) is 47.6 Å². The van der Waals surface area contributed by atoms with E-state index in [1.807, 2.05) is 0 Å². The number of rotatable bonds is 6. The molecular formula is C16H11Cl2N2O4-. The van der Waals surface area contributed by atoms with Crippen LogP contribution in [-0.2, 0) is 4.79 Å². The molecule has 0 aliphatic carbocycles. The minimum absolute atomic E-state index is 0.183. The number of hydrogen-bond acceptors (Lipinski definition) is 5. The minimum Gasteiger partial charge on any atom is -0.546 e. The van der Waals surface area contributed by atoms with Crippen molar-refractivity contribution in [1.29, 1.82) is 0 Å². The monoisotopic (exact) mass is 365 g/mol. The van der Waals surface area contributed by atoms with Gasteiger partial charge in [-0.1, -0.05) is 35.3 Å². The number of nitrogens with zero attached hydrogens (tertiary/aromatic N) is 1. The molecule has 0 saturated carbocycles. The largest absolute Gasteiger partial charge is 0.546 e. The van der Waals surface area contributed by atoms with Crippen molar-refractivity contribution in [2.75, 3.05) is 6.61 Å². The van der Waals surface area contributed by atoms with Gasteiger partial charge in [0.1, 0.15) is 12.4 Å². The van der Waals surface area contributed by atoms with Gasteiger partial charge in [-0.25, -0.2) is 5.43 Å². The molecule has 0 unspecified atom stereocenters. The highest BCUT2D eigenvalue weighted by molar-refractivity contribution is 6.35. The fourth-order valence-electron chi connectivity index (χ4n) is 1.75. The van der Waals surface area contributed by atoms with E-state index in [1.165, 1.54) is 18.3 Å². The molecule has 1 N–H and O–H groups in total. The molecule has 2 aromatic rings. The first kappa shape index (κ1) is 17.8. The number of aliphatic carboxylic acids is 1. The maximum absolute atomic E-state index is 12.0. The number of carbonyl (C=O) groups excluding carboxylic acids is 2. The van der Waals surface area contributed by atoms with Gasteiger partial charge >= 0.3 is 0 Å². The van der Waals surface area contributed by atoms with E-state index in [4.69, 9.17) is 27.9 Å². The summed E-state index contributed by atoms with van der Waals surface area (Å²) in [4.78, 5) is 22.5. The van der Waals surface area contributed by atoms with E-state index in [0.717, 1.165) is 0 Å². The molecule has 0 fully saturated rings. The number of nitrogens with one attached hydrogen (secondary N) is 1. The summed E-state index contributed by atoms with van der Waals surface area (Å²) in [5.41, 5.74) is 2.98. The van der Waals surface area contributed by atoms with Gasteiger partial charge in [-0.2, -0.15) is 5.10 Å². The Balaban J connectivity index is 2.07. The molecule has 6 nitrogen and oxygen atoms in total. The van der Waals surface area contributed by atoms with E-state index in [0.29, 0.717) is 16.3 Å². The molecule has 2 aromatic carbocycles. The van der Waals surface area contributed by atoms with Gasteiger partial charge in [-0.3, -0.25) is 4.79 Å². The third kappa shape index (κ3) is 4.97. The first-order chi connectivity index (χ1) is 11.5. The molecule has 0 aromatic heterocycles. The van der Waals surface area contributed by atoms with Crippen LogP contribution in [0.3, 0.4) is 0 Å². The van der Waals surface area contributed by atoms with Crippen molar-refractivity contribution in [3.05, 3.63) is 63.6 Å². The number of ether oxygens (including phenoxy) is 1. The lowest BCUT2D eigenvalue weighted by Gasteiger charge is -2.09. The fourth-order valence-corrected chi connectivity index (χ4v) is 2.12. The van der Waals surface area contributed by atoms with Gasteiger partial charge in [0.05, 0.1) is 22.8 Å². The van der Waals surface area contributed by atoms with Crippen LogP contribution in [0.25, 0.3) is 0 Å². The molecule has 0 spiro atoms. The number of carboxylic acid groups (broad SMARTS) is 1. The summed E-state index contributed by atoms with van der Waals surface area (Å²) in [5, 5.41) is 14.9. The predicted octanol–water partition coefficient (Wildman–Crippen LogP) is 1.89. The Hall–Kier alpha value is -2.57. The lowest BCUT2D eigenvalue weighted by atomic mass is 10.2. The third-order valence-corrected chi connectivity index (χ3v) is 3.37. The summed E-state index contributed by atoms with van der Waals surface area (Å²) in [5.74, 6) is -1.59. The molecule has 0 saturated heterocycles. The van der Waals surface area contributed by atoms with Crippen LogP contribution in [0.4, 0.5) is 0 Å². The zero-order chi connectivity index (χ0) is 17.5. The number of carbonyl (C=O) groups is 2. The molecular weight excluding hydrogens is 355 g/mol. The highest BCUT2D eigenvalue weighted by Gasteiger charge is 2.10. The summed E-state index contributed by atoms with van der Waals surface area (Å²) in [6.07, 6.45) is 1.32. The molecule has 0 atom stereocenters. The Kier molecular flexibility index (Phi) is 6.17. The van der Waals surface area contributed by atoms with Crippen molar-refractivity contribution in [2.45, 2.75) is 0 Å². The maximum Gasteiger partial charge on any atom is 0.272 e. The highest BCUT2D eigenvalue weighted by Crippen LogP contribution is 2.20. The fraction of sp³-hybridized carbons (Fsp3) is 0.0625. The molecule has 124 valence electrons.